The molecule has 0 bridgehead atoms. The average Bonchev–Trinajstić information content (AvgIpc) is 3.43. The highest BCUT2D eigenvalue weighted by atomic mass is 79.9. The molecule has 41 heavy (non-hydrogen) atoms. The maximum atomic E-state index is 13.6. The van der Waals surface area contributed by atoms with Gasteiger partial charge < -0.3 is 13.9 Å². The van der Waals surface area contributed by atoms with Crippen LogP contribution in [0, 0.1) is 11.3 Å². The van der Waals surface area contributed by atoms with Gasteiger partial charge in [0.05, 0.1) is 35.9 Å². The molecule has 2 heterocycles. The summed E-state index contributed by atoms with van der Waals surface area (Å²) in [6, 6.07) is 29.4. The first-order valence-corrected chi connectivity index (χ1v) is 13.4. The molecule has 0 aliphatic heterocycles. The van der Waals surface area contributed by atoms with E-state index in [9.17, 15) is 10.1 Å². The molecule has 6 aromatic rings. The summed E-state index contributed by atoms with van der Waals surface area (Å²) in [5.41, 5.74) is 2.88. The number of nitriles is 1. The van der Waals surface area contributed by atoms with Crippen molar-refractivity contribution < 1.29 is 13.9 Å². The first-order valence-electron chi connectivity index (χ1n) is 12.6. The molecule has 2 aromatic heterocycles. The van der Waals surface area contributed by atoms with Gasteiger partial charge in [-0.25, -0.2) is 4.98 Å². The van der Waals surface area contributed by atoms with Gasteiger partial charge in [0.25, 0.3) is 5.56 Å². The number of ether oxygens (including phenoxy) is 2. The summed E-state index contributed by atoms with van der Waals surface area (Å²) < 4.78 is 19.7. The molecule has 0 aliphatic rings. The molecule has 4 aromatic carbocycles. The standard InChI is InChI=1S/C32H21BrN4O4/c1-39-29-14-20(10-12-28(29)40-19-22-7-3-2-6-21(22)17-34)18-35-37-31(36-26-9-5-4-8-25(26)32(37)38)30-16-23-15-24(33)11-13-27(23)41-30/h2-16,18H,19H2,1H3. The smallest absolute Gasteiger partial charge is 0.282 e. The number of nitrogens with zero attached hydrogens (tertiary/aromatic N) is 4. The molecule has 0 N–H and O–H groups in total. The summed E-state index contributed by atoms with van der Waals surface area (Å²) in [6.45, 7) is 0.211. The molecule has 6 rings (SSSR count). The van der Waals surface area contributed by atoms with Gasteiger partial charge in [0, 0.05) is 15.4 Å². The Hall–Kier alpha value is -5.20. The number of hydrogen-bond donors (Lipinski definition) is 0. The number of hydrogen-bond acceptors (Lipinski definition) is 7. The highest BCUT2D eigenvalue weighted by molar-refractivity contribution is 9.10. The summed E-state index contributed by atoms with van der Waals surface area (Å²) in [4.78, 5) is 18.3. The molecule has 0 amide bonds. The van der Waals surface area contributed by atoms with Crippen molar-refractivity contribution in [1.29, 1.82) is 5.26 Å². The van der Waals surface area contributed by atoms with E-state index in [4.69, 9.17) is 18.9 Å². The molecule has 0 atom stereocenters. The molecule has 0 fully saturated rings. The minimum absolute atomic E-state index is 0.211. The highest BCUT2D eigenvalue weighted by Gasteiger charge is 2.17. The monoisotopic (exact) mass is 604 g/mol. The fourth-order valence-electron chi connectivity index (χ4n) is 4.43. The fourth-order valence-corrected chi connectivity index (χ4v) is 4.81. The number of methoxy groups -OCH3 is 1. The van der Waals surface area contributed by atoms with Gasteiger partial charge in [0.2, 0.25) is 5.82 Å². The topological polar surface area (TPSA) is 103 Å². The van der Waals surface area contributed by atoms with Gasteiger partial charge in [0.15, 0.2) is 17.3 Å². The molecule has 0 radical (unpaired) electrons. The predicted molar refractivity (Wildman–Crippen MR) is 160 cm³/mol. The minimum atomic E-state index is -0.327. The van der Waals surface area contributed by atoms with E-state index in [-0.39, 0.29) is 18.0 Å². The van der Waals surface area contributed by atoms with Crippen molar-refractivity contribution in [2.45, 2.75) is 6.61 Å². The van der Waals surface area contributed by atoms with Crippen LogP contribution in [-0.4, -0.2) is 23.0 Å². The zero-order chi connectivity index (χ0) is 28.3. The van der Waals surface area contributed by atoms with Gasteiger partial charge in [-0.15, -0.1) is 0 Å². The van der Waals surface area contributed by atoms with E-state index in [2.05, 4.69) is 27.1 Å². The van der Waals surface area contributed by atoms with E-state index in [1.165, 1.54) is 4.68 Å². The number of halogens is 1. The molecular weight excluding hydrogens is 584 g/mol. The van der Waals surface area contributed by atoms with Crippen LogP contribution in [-0.2, 0) is 6.61 Å². The van der Waals surface area contributed by atoms with Crippen LogP contribution in [0.1, 0.15) is 16.7 Å². The van der Waals surface area contributed by atoms with Crippen LogP contribution in [0.15, 0.2) is 110 Å². The van der Waals surface area contributed by atoms with Crippen molar-refractivity contribution in [2.75, 3.05) is 7.11 Å². The normalized spacial score (nSPS) is 11.2. The van der Waals surface area contributed by atoms with E-state index >= 15 is 0 Å². The molecule has 0 spiro atoms. The lowest BCUT2D eigenvalue weighted by molar-refractivity contribution is 0.284. The van der Waals surface area contributed by atoms with Crippen molar-refractivity contribution in [1.82, 2.24) is 9.66 Å². The summed E-state index contributed by atoms with van der Waals surface area (Å²) in [7, 11) is 1.54. The Kier molecular flexibility index (Phi) is 7.06. The summed E-state index contributed by atoms with van der Waals surface area (Å²) in [5, 5.41) is 15.2. The Morgan fingerprint density at radius 3 is 2.71 bits per heavy atom. The SMILES string of the molecule is COc1cc(C=Nn2c(-c3cc4cc(Br)ccc4o3)nc3ccccc3c2=O)ccc1OCc1ccccc1C#N. The molecular formula is C32H21BrN4O4. The van der Waals surface area contributed by atoms with E-state index in [1.54, 1.807) is 55.8 Å². The maximum absolute atomic E-state index is 13.6. The first-order chi connectivity index (χ1) is 20.0. The molecule has 0 saturated heterocycles. The zero-order valence-electron chi connectivity index (χ0n) is 21.7. The summed E-state index contributed by atoms with van der Waals surface area (Å²) >= 11 is 3.48. The van der Waals surface area contributed by atoms with Crippen molar-refractivity contribution >= 4 is 44.0 Å². The second kappa shape index (κ2) is 11.1. The average molecular weight is 605 g/mol. The van der Waals surface area contributed by atoms with Gasteiger partial charge in [-0.3, -0.25) is 4.79 Å². The number of para-hydroxylation sites is 1. The van der Waals surface area contributed by atoms with Crippen molar-refractivity contribution in [3.8, 4) is 29.2 Å². The summed E-state index contributed by atoms with van der Waals surface area (Å²) in [5.74, 6) is 1.68. The molecule has 200 valence electrons. The Bertz CT molecular complexity index is 2060. The van der Waals surface area contributed by atoms with Gasteiger partial charge in [-0.2, -0.15) is 15.0 Å². The summed E-state index contributed by atoms with van der Waals surface area (Å²) in [6.07, 6.45) is 1.55. The largest absolute Gasteiger partial charge is 0.493 e. The fraction of sp³-hybridized carbons (Fsp3) is 0.0625. The lowest BCUT2D eigenvalue weighted by atomic mass is 10.1. The zero-order valence-corrected chi connectivity index (χ0v) is 23.3. The molecule has 8 nitrogen and oxygen atoms in total. The molecule has 0 aliphatic carbocycles. The van der Waals surface area contributed by atoms with Gasteiger partial charge in [-0.05, 0) is 66.2 Å². The third-order valence-electron chi connectivity index (χ3n) is 6.48. The third kappa shape index (κ3) is 5.21. The minimum Gasteiger partial charge on any atom is -0.493 e. The molecule has 0 unspecified atom stereocenters. The number of furan rings is 1. The van der Waals surface area contributed by atoms with E-state index in [0.29, 0.717) is 44.9 Å². The van der Waals surface area contributed by atoms with Crippen molar-refractivity contribution in [2.24, 2.45) is 5.10 Å². The highest BCUT2D eigenvalue weighted by Crippen LogP contribution is 2.30. The van der Waals surface area contributed by atoms with Gasteiger partial charge in [0.1, 0.15) is 12.2 Å². The van der Waals surface area contributed by atoms with Crippen molar-refractivity contribution in [3.63, 3.8) is 0 Å². The molecule has 0 saturated carbocycles. The van der Waals surface area contributed by atoms with Crippen LogP contribution < -0.4 is 15.0 Å². The van der Waals surface area contributed by atoms with E-state index in [1.807, 2.05) is 48.5 Å². The Labute approximate surface area is 242 Å². The van der Waals surface area contributed by atoms with Crippen molar-refractivity contribution in [3.05, 3.63) is 123 Å². The lowest BCUT2D eigenvalue weighted by Crippen LogP contribution is -2.20. The Balaban J connectivity index is 1.37. The second-order valence-electron chi connectivity index (χ2n) is 9.07. The van der Waals surface area contributed by atoms with E-state index < -0.39 is 0 Å². The third-order valence-corrected chi connectivity index (χ3v) is 6.98. The lowest BCUT2D eigenvalue weighted by Gasteiger charge is -2.12. The van der Waals surface area contributed by atoms with Crippen LogP contribution in [0.3, 0.4) is 0 Å². The van der Waals surface area contributed by atoms with E-state index in [0.717, 1.165) is 15.4 Å². The molecule has 9 heteroatoms. The maximum Gasteiger partial charge on any atom is 0.282 e. The van der Waals surface area contributed by atoms with Gasteiger partial charge in [-0.1, -0.05) is 46.3 Å². The number of benzene rings is 4. The first kappa shape index (κ1) is 26.0. The van der Waals surface area contributed by atoms with Crippen LogP contribution >= 0.6 is 15.9 Å². The van der Waals surface area contributed by atoms with Crippen LogP contribution in [0.4, 0.5) is 0 Å². The van der Waals surface area contributed by atoms with Crippen LogP contribution in [0.25, 0.3) is 33.5 Å². The number of rotatable bonds is 7. The van der Waals surface area contributed by atoms with Gasteiger partial charge >= 0.3 is 0 Å². The predicted octanol–water partition coefficient (Wildman–Crippen LogP) is 6.91. The quantitative estimate of drug-likeness (QED) is 0.183. The second-order valence-corrected chi connectivity index (χ2v) is 9.99. The van der Waals surface area contributed by atoms with Crippen LogP contribution in [0.5, 0.6) is 11.5 Å². The Morgan fingerprint density at radius 2 is 1.85 bits per heavy atom. The van der Waals surface area contributed by atoms with Crippen LogP contribution in [0.2, 0.25) is 0 Å². The number of aromatic nitrogens is 2. The number of fused-ring (bicyclic) bond motifs is 2. The Morgan fingerprint density at radius 1 is 1.02 bits per heavy atom.